The molecule has 0 saturated carbocycles. The zero-order valence-electron chi connectivity index (χ0n) is 8.48. The molecule has 1 aromatic rings. The maximum Gasteiger partial charge on any atom is 0.0646 e. The van der Waals surface area contributed by atoms with Crippen LogP contribution in [0.15, 0.2) is 60.1 Å². The van der Waals surface area contributed by atoms with E-state index < -0.39 is 0 Å². The van der Waals surface area contributed by atoms with Gasteiger partial charge in [0.2, 0.25) is 0 Å². The second-order valence-electron chi connectivity index (χ2n) is 2.93. The summed E-state index contributed by atoms with van der Waals surface area (Å²) in [7, 11) is 0. The van der Waals surface area contributed by atoms with Crippen LogP contribution >= 0.6 is 0 Å². The minimum Gasteiger partial charge on any atom is -0.281 e. The van der Waals surface area contributed by atoms with Crippen molar-refractivity contribution < 1.29 is 0 Å². The molecule has 0 saturated heterocycles. The zero-order chi connectivity index (χ0) is 10.2. The number of benzene rings is 1. The zero-order valence-corrected chi connectivity index (χ0v) is 8.48. The molecule has 0 radical (unpaired) electrons. The summed E-state index contributed by atoms with van der Waals surface area (Å²) < 4.78 is 0. The molecular formula is C13H15N. The van der Waals surface area contributed by atoms with E-state index in [9.17, 15) is 0 Å². The van der Waals surface area contributed by atoms with Crippen molar-refractivity contribution in [1.29, 1.82) is 0 Å². The summed E-state index contributed by atoms with van der Waals surface area (Å²) in [4.78, 5) is 4.41. The number of hydrogen-bond donors (Lipinski definition) is 0. The highest BCUT2D eigenvalue weighted by Crippen LogP contribution is 2.00. The van der Waals surface area contributed by atoms with Gasteiger partial charge in [-0.15, -0.1) is 0 Å². The molecule has 1 nitrogen and oxygen atoms in total. The summed E-state index contributed by atoms with van der Waals surface area (Å²) in [5, 5.41) is 0. The van der Waals surface area contributed by atoms with Crippen LogP contribution in [0.3, 0.4) is 0 Å². The fourth-order valence-corrected chi connectivity index (χ4v) is 1.12. The quantitative estimate of drug-likeness (QED) is 0.637. The molecular weight excluding hydrogens is 170 g/mol. The van der Waals surface area contributed by atoms with Gasteiger partial charge < -0.3 is 0 Å². The van der Waals surface area contributed by atoms with Gasteiger partial charge in [-0.1, -0.05) is 43.0 Å². The van der Waals surface area contributed by atoms with Crippen LogP contribution in [0.1, 0.15) is 12.5 Å². The molecule has 0 spiro atoms. The Hall–Kier alpha value is -1.63. The molecule has 0 fully saturated rings. The van der Waals surface area contributed by atoms with Gasteiger partial charge in [-0.05, 0) is 24.6 Å². The fraction of sp³-hybridized carbons (Fsp3) is 0.154. The summed E-state index contributed by atoms with van der Waals surface area (Å²) >= 11 is 0. The highest BCUT2D eigenvalue weighted by atomic mass is 14.7. The molecule has 0 N–H and O–H groups in total. The van der Waals surface area contributed by atoms with E-state index in [-0.39, 0.29) is 0 Å². The second-order valence-corrected chi connectivity index (χ2v) is 2.93. The van der Waals surface area contributed by atoms with E-state index in [2.05, 4.69) is 23.7 Å². The number of nitrogens with zero attached hydrogens (tertiary/aromatic N) is 1. The Balaban J connectivity index is 2.66. The van der Waals surface area contributed by atoms with Gasteiger partial charge in [0.1, 0.15) is 0 Å². The molecule has 0 atom stereocenters. The Morgan fingerprint density at radius 3 is 2.64 bits per heavy atom. The Morgan fingerprint density at radius 1 is 1.36 bits per heavy atom. The molecule has 72 valence electrons. The molecule has 0 aliphatic carbocycles. The third kappa shape index (κ3) is 3.40. The molecule has 1 aromatic carbocycles. The van der Waals surface area contributed by atoms with Crippen LogP contribution < -0.4 is 0 Å². The van der Waals surface area contributed by atoms with Gasteiger partial charge in [-0.3, -0.25) is 4.99 Å². The predicted octanol–water partition coefficient (Wildman–Crippen LogP) is 3.39. The molecule has 0 aliphatic rings. The average Bonchev–Trinajstić information content (AvgIpc) is 2.25. The van der Waals surface area contributed by atoms with Crippen molar-refractivity contribution in [3.63, 3.8) is 0 Å². The summed E-state index contributed by atoms with van der Waals surface area (Å²) in [6, 6.07) is 10.2. The van der Waals surface area contributed by atoms with Crippen molar-refractivity contribution >= 4 is 5.71 Å². The van der Waals surface area contributed by atoms with Gasteiger partial charge in [0.25, 0.3) is 0 Å². The van der Waals surface area contributed by atoms with E-state index in [1.54, 1.807) is 6.08 Å². The van der Waals surface area contributed by atoms with Crippen molar-refractivity contribution in [3.05, 3.63) is 60.7 Å². The Bertz CT molecular complexity index is 334. The highest BCUT2D eigenvalue weighted by molar-refractivity contribution is 6.03. The molecule has 0 amide bonds. The molecule has 1 rings (SSSR count). The average molecular weight is 185 g/mol. The lowest BCUT2D eigenvalue weighted by molar-refractivity contribution is 1.07. The maximum atomic E-state index is 4.41. The fourth-order valence-electron chi connectivity index (χ4n) is 1.12. The summed E-state index contributed by atoms with van der Waals surface area (Å²) in [5.41, 5.74) is 2.15. The Morgan fingerprint density at radius 2 is 2.07 bits per heavy atom. The van der Waals surface area contributed by atoms with Crippen LogP contribution in [0.4, 0.5) is 0 Å². The van der Waals surface area contributed by atoms with E-state index in [0.717, 1.165) is 5.71 Å². The minimum absolute atomic E-state index is 0.715. The lowest BCUT2D eigenvalue weighted by atomic mass is 10.2. The molecule has 14 heavy (non-hydrogen) atoms. The number of hydrogen-bond acceptors (Lipinski definition) is 1. The summed E-state index contributed by atoms with van der Waals surface area (Å²) in [6.07, 6.45) is 5.68. The van der Waals surface area contributed by atoms with Gasteiger partial charge in [-0.2, -0.15) is 0 Å². The van der Waals surface area contributed by atoms with Crippen LogP contribution in [-0.2, 0) is 6.54 Å². The van der Waals surface area contributed by atoms with E-state index in [4.69, 9.17) is 0 Å². The number of allylic oxidation sites excluding steroid dienone is 3. The standard InChI is InChI=1S/C13H15N/c1-3-8-13(4-2)14-11-12-9-6-5-7-10-12/h3-10H,2,11H2,1H3/b8-3+,14-13?. The first-order chi connectivity index (χ1) is 6.86. The van der Waals surface area contributed by atoms with Crippen molar-refractivity contribution in [2.75, 3.05) is 0 Å². The normalized spacial score (nSPS) is 11.9. The lowest BCUT2D eigenvalue weighted by Crippen LogP contribution is -1.89. The van der Waals surface area contributed by atoms with Crippen molar-refractivity contribution in [3.8, 4) is 0 Å². The van der Waals surface area contributed by atoms with Crippen LogP contribution in [0, 0.1) is 0 Å². The monoisotopic (exact) mass is 185 g/mol. The topological polar surface area (TPSA) is 12.4 Å². The number of rotatable bonds is 4. The van der Waals surface area contributed by atoms with E-state index in [1.165, 1.54) is 5.56 Å². The summed E-state index contributed by atoms with van der Waals surface area (Å²) in [5.74, 6) is 0. The first kappa shape index (κ1) is 10.5. The van der Waals surface area contributed by atoms with Crippen molar-refractivity contribution in [2.24, 2.45) is 4.99 Å². The Kier molecular flexibility index (Phi) is 4.42. The van der Waals surface area contributed by atoms with Gasteiger partial charge in [0.05, 0.1) is 12.3 Å². The van der Waals surface area contributed by atoms with Crippen LogP contribution in [0.5, 0.6) is 0 Å². The number of aliphatic imine (C=N–C) groups is 1. The smallest absolute Gasteiger partial charge is 0.0646 e. The van der Waals surface area contributed by atoms with E-state index in [1.807, 2.05) is 37.3 Å². The molecule has 0 heterocycles. The van der Waals surface area contributed by atoms with Crippen LogP contribution in [0.25, 0.3) is 0 Å². The largest absolute Gasteiger partial charge is 0.281 e. The van der Waals surface area contributed by atoms with Gasteiger partial charge in [-0.25, -0.2) is 0 Å². The lowest BCUT2D eigenvalue weighted by Gasteiger charge is -1.96. The van der Waals surface area contributed by atoms with Crippen molar-refractivity contribution in [1.82, 2.24) is 0 Å². The second kappa shape index (κ2) is 5.92. The van der Waals surface area contributed by atoms with Gasteiger partial charge >= 0.3 is 0 Å². The van der Waals surface area contributed by atoms with Crippen molar-refractivity contribution in [2.45, 2.75) is 13.5 Å². The highest BCUT2D eigenvalue weighted by Gasteiger charge is 1.89. The predicted molar refractivity (Wildman–Crippen MR) is 62.6 cm³/mol. The maximum absolute atomic E-state index is 4.41. The Labute approximate surface area is 85.5 Å². The third-order valence-electron chi connectivity index (χ3n) is 1.83. The first-order valence-corrected chi connectivity index (χ1v) is 4.70. The van der Waals surface area contributed by atoms with E-state index >= 15 is 0 Å². The SMILES string of the molecule is C=CC(/C=C/C)=NCc1ccccc1. The van der Waals surface area contributed by atoms with Crippen LogP contribution in [-0.4, -0.2) is 5.71 Å². The van der Waals surface area contributed by atoms with Gasteiger partial charge in [0.15, 0.2) is 0 Å². The first-order valence-electron chi connectivity index (χ1n) is 4.70. The minimum atomic E-state index is 0.715. The molecule has 0 aliphatic heterocycles. The van der Waals surface area contributed by atoms with Gasteiger partial charge in [0, 0.05) is 0 Å². The van der Waals surface area contributed by atoms with Crippen LogP contribution in [0.2, 0.25) is 0 Å². The molecule has 0 unspecified atom stereocenters. The third-order valence-corrected chi connectivity index (χ3v) is 1.83. The molecule has 0 bridgehead atoms. The molecule has 1 heteroatoms. The summed E-state index contributed by atoms with van der Waals surface area (Å²) in [6.45, 7) is 6.40. The molecule has 0 aromatic heterocycles. The van der Waals surface area contributed by atoms with E-state index in [0.29, 0.717) is 6.54 Å².